The van der Waals surface area contributed by atoms with Gasteiger partial charge >= 0.3 is 0 Å². The summed E-state index contributed by atoms with van der Waals surface area (Å²) in [5, 5.41) is 0. The summed E-state index contributed by atoms with van der Waals surface area (Å²) in [6, 6.07) is 2.97. The van der Waals surface area contributed by atoms with Gasteiger partial charge in [0, 0.05) is 18.4 Å². The summed E-state index contributed by atoms with van der Waals surface area (Å²) in [7, 11) is -7.24. The third kappa shape index (κ3) is 4.78. The Labute approximate surface area is 122 Å². The van der Waals surface area contributed by atoms with E-state index in [-0.39, 0.29) is 27.7 Å². The van der Waals surface area contributed by atoms with Crippen LogP contribution in [0.5, 0.6) is 0 Å². The fourth-order valence-electron chi connectivity index (χ4n) is 1.31. The van der Waals surface area contributed by atoms with Gasteiger partial charge in [-0.15, -0.1) is 0 Å². The molecule has 6 nitrogen and oxygen atoms in total. The van der Waals surface area contributed by atoms with Crippen LogP contribution in [0.3, 0.4) is 0 Å². The molecule has 1 aromatic carbocycles. The van der Waals surface area contributed by atoms with Crippen molar-refractivity contribution in [3.05, 3.63) is 29.6 Å². The molecule has 0 amide bonds. The third-order valence-corrected chi connectivity index (χ3v) is 4.90. The molecule has 0 aliphatic heterocycles. The Hall–Kier alpha value is -1.10. The minimum absolute atomic E-state index is 0.189. The number of sulfonamides is 1. The van der Waals surface area contributed by atoms with E-state index in [0.29, 0.717) is 0 Å². The monoisotopic (exact) mass is 340 g/mol. The maximum absolute atomic E-state index is 13.4. The Kier molecular flexibility index (Phi) is 5.19. The molecule has 0 saturated heterocycles. The highest BCUT2D eigenvalue weighted by atomic mass is 32.2. The molecule has 0 aromatic heterocycles. The zero-order valence-electron chi connectivity index (χ0n) is 10.5. The van der Waals surface area contributed by atoms with Gasteiger partial charge in [-0.2, -0.15) is 0 Å². The smallest absolute Gasteiger partial charge is 0.240 e. The van der Waals surface area contributed by atoms with Crippen LogP contribution < -0.4 is 10.5 Å². The van der Waals surface area contributed by atoms with E-state index in [1.165, 1.54) is 0 Å². The molecule has 0 saturated carbocycles. The average Bonchev–Trinajstić information content (AvgIpc) is 2.26. The van der Waals surface area contributed by atoms with Crippen LogP contribution in [0, 0.1) is 5.82 Å². The third-order valence-electron chi connectivity index (χ3n) is 2.28. The molecule has 0 aliphatic rings. The second-order valence-electron chi connectivity index (χ2n) is 4.03. The van der Waals surface area contributed by atoms with Crippen molar-refractivity contribution in [1.82, 2.24) is 4.72 Å². The van der Waals surface area contributed by atoms with Gasteiger partial charge in [-0.1, -0.05) is 12.2 Å². The van der Waals surface area contributed by atoms with Gasteiger partial charge in [-0.25, -0.2) is 25.9 Å². The van der Waals surface area contributed by atoms with Crippen molar-refractivity contribution in [2.75, 3.05) is 18.6 Å². The maximum Gasteiger partial charge on any atom is 0.240 e. The highest BCUT2D eigenvalue weighted by Crippen LogP contribution is 2.15. The number of sulfone groups is 1. The summed E-state index contributed by atoms with van der Waals surface area (Å²) in [6.07, 6.45) is 0.990. The van der Waals surface area contributed by atoms with Gasteiger partial charge in [-0.05, 0) is 18.2 Å². The molecule has 0 atom stereocenters. The van der Waals surface area contributed by atoms with Crippen molar-refractivity contribution >= 4 is 37.1 Å². The highest BCUT2D eigenvalue weighted by molar-refractivity contribution is 7.91. The minimum Gasteiger partial charge on any atom is -0.389 e. The maximum atomic E-state index is 13.4. The lowest BCUT2D eigenvalue weighted by molar-refractivity contribution is 0.581. The Balaban J connectivity index is 2.99. The van der Waals surface area contributed by atoms with Gasteiger partial charge in [0.2, 0.25) is 10.0 Å². The molecule has 20 heavy (non-hydrogen) atoms. The van der Waals surface area contributed by atoms with Crippen LogP contribution in [-0.2, 0) is 19.9 Å². The molecule has 1 aromatic rings. The summed E-state index contributed by atoms with van der Waals surface area (Å²) in [4.78, 5) is -0.508. The quantitative estimate of drug-likeness (QED) is 0.694. The summed E-state index contributed by atoms with van der Waals surface area (Å²) in [5.74, 6) is -1.07. The summed E-state index contributed by atoms with van der Waals surface area (Å²) < 4.78 is 61.1. The number of hydrogen-bond donors (Lipinski definition) is 2. The first-order valence-corrected chi connectivity index (χ1v) is 9.25. The van der Waals surface area contributed by atoms with Crippen LogP contribution in [0.4, 0.5) is 4.39 Å². The second-order valence-corrected chi connectivity index (χ2v) is 8.50. The molecule has 10 heteroatoms. The first kappa shape index (κ1) is 17.0. The van der Waals surface area contributed by atoms with E-state index in [2.05, 4.69) is 16.9 Å². The lowest BCUT2D eigenvalue weighted by atomic mass is 10.2. The zero-order chi connectivity index (χ0) is 15.6. The Morgan fingerprint density at radius 3 is 2.45 bits per heavy atom. The Bertz CT molecular complexity index is 729. The molecule has 0 spiro atoms. The van der Waals surface area contributed by atoms with Gasteiger partial charge in [0.25, 0.3) is 0 Å². The number of nitrogens with one attached hydrogen (secondary N) is 1. The van der Waals surface area contributed by atoms with Crippen molar-refractivity contribution in [1.29, 1.82) is 0 Å². The molecular weight excluding hydrogens is 327 g/mol. The van der Waals surface area contributed by atoms with Crippen LogP contribution in [0.2, 0.25) is 0 Å². The second kappa shape index (κ2) is 6.12. The van der Waals surface area contributed by atoms with E-state index in [4.69, 9.17) is 5.73 Å². The highest BCUT2D eigenvalue weighted by Gasteiger charge is 2.17. The lowest BCUT2D eigenvalue weighted by Gasteiger charge is -2.08. The van der Waals surface area contributed by atoms with Crippen LogP contribution in [0.15, 0.2) is 23.1 Å². The summed E-state index contributed by atoms with van der Waals surface area (Å²) in [5.41, 5.74) is 5.09. The molecule has 3 N–H and O–H groups in total. The standard InChI is InChI=1S/C10H13FN2O4S3/c1-19(14,15)5-4-13-20(16,17)7-2-3-9(11)8(6-7)10(12)18/h2-3,6,13H,4-5H2,1H3,(H2,12,18). The molecule has 112 valence electrons. The fraction of sp³-hybridized carbons (Fsp3) is 0.300. The predicted molar refractivity (Wildman–Crippen MR) is 77.2 cm³/mol. The number of hydrogen-bond acceptors (Lipinski definition) is 5. The molecule has 1 rings (SSSR count). The van der Waals surface area contributed by atoms with E-state index in [9.17, 15) is 21.2 Å². The molecular formula is C10H13FN2O4S3. The van der Waals surface area contributed by atoms with E-state index in [1.54, 1.807) is 0 Å². The molecule has 0 unspecified atom stereocenters. The van der Waals surface area contributed by atoms with Gasteiger partial charge in [0.1, 0.15) is 20.6 Å². The van der Waals surface area contributed by atoms with Crippen molar-refractivity contribution in [3.8, 4) is 0 Å². The van der Waals surface area contributed by atoms with E-state index < -0.39 is 25.7 Å². The fourth-order valence-corrected chi connectivity index (χ4v) is 3.12. The summed E-state index contributed by atoms with van der Waals surface area (Å²) >= 11 is 4.61. The van der Waals surface area contributed by atoms with Crippen LogP contribution in [0.25, 0.3) is 0 Å². The number of benzene rings is 1. The summed E-state index contributed by atoms with van der Waals surface area (Å²) in [6.45, 7) is -0.277. The molecule has 0 heterocycles. The topological polar surface area (TPSA) is 106 Å². The number of thiocarbonyl (C=S) groups is 1. The van der Waals surface area contributed by atoms with E-state index in [0.717, 1.165) is 24.5 Å². The van der Waals surface area contributed by atoms with Gasteiger partial charge in [0.05, 0.1) is 10.6 Å². The van der Waals surface area contributed by atoms with Crippen LogP contribution in [-0.4, -0.2) is 40.4 Å². The first-order valence-electron chi connectivity index (χ1n) is 5.30. The first-order chi connectivity index (χ1) is 9.03. The van der Waals surface area contributed by atoms with Crippen molar-refractivity contribution in [2.24, 2.45) is 5.73 Å². The van der Waals surface area contributed by atoms with Crippen LogP contribution in [0.1, 0.15) is 5.56 Å². The Morgan fingerprint density at radius 1 is 1.35 bits per heavy atom. The van der Waals surface area contributed by atoms with Crippen LogP contribution >= 0.6 is 12.2 Å². The predicted octanol–water partition coefficient (Wildman–Crippen LogP) is -0.217. The van der Waals surface area contributed by atoms with Crippen molar-refractivity contribution in [2.45, 2.75) is 4.90 Å². The minimum atomic E-state index is -3.95. The van der Waals surface area contributed by atoms with Crippen molar-refractivity contribution < 1.29 is 21.2 Å². The van der Waals surface area contributed by atoms with Gasteiger partial charge in [-0.3, -0.25) is 0 Å². The lowest BCUT2D eigenvalue weighted by Crippen LogP contribution is -2.29. The molecule has 0 fully saturated rings. The van der Waals surface area contributed by atoms with E-state index in [1.807, 2.05) is 0 Å². The van der Waals surface area contributed by atoms with Gasteiger partial charge < -0.3 is 5.73 Å². The number of nitrogens with two attached hydrogens (primary N) is 1. The molecule has 0 bridgehead atoms. The van der Waals surface area contributed by atoms with Crippen molar-refractivity contribution in [3.63, 3.8) is 0 Å². The molecule has 0 radical (unpaired) electrons. The Morgan fingerprint density at radius 2 is 1.95 bits per heavy atom. The molecule has 0 aliphatic carbocycles. The van der Waals surface area contributed by atoms with E-state index >= 15 is 0 Å². The SMILES string of the molecule is CS(=O)(=O)CCNS(=O)(=O)c1ccc(F)c(C(N)=S)c1. The largest absolute Gasteiger partial charge is 0.389 e. The average molecular weight is 340 g/mol. The number of halogens is 1. The zero-order valence-corrected chi connectivity index (χ0v) is 12.9. The number of rotatable bonds is 6. The normalized spacial score (nSPS) is 12.3. The van der Waals surface area contributed by atoms with Gasteiger partial charge in [0.15, 0.2) is 0 Å².